The van der Waals surface area contributed by atoms with Crippen molar-refractivity contribution in [1.82, 2.24) is 4.90 Å². The number of hydrogen-bond acceptors (Lipinski definition) is 2. The molecule has 114 valence electrons. The van der Waals surface area contributed by atoms with Gasteiger partial charge in [0.15, 0.2) is 0 Å². The first kappa shape index (κ1) is 15.3. The monoisotopic (exact) mass is 281 g/mol. The van der Waals surface area contributed by atoms with Gasteiger partial charge in [-0.1, -0.05) is 26.2 Å². The molecular formula is C16H27NO3. The zero-order valence-corrected chi connectivity index (χ0v) is 12.5. The van der Waals surface area contributed by atoms with Crippen molar-refractivity contribution in [3.05, 3.63) is 0 Å². The summed E-state index contributed by atoms with van der Waals surface area (Å²) in [6, 6.07) is 0. The van der Waals surface area contributed by atoms with Gasteiger partial charge in [0, 0.05) is 13.1 Å². The maximum atomic E-state index is 12.6. The molecular weight excluding hydrogens is 254 g/mol. The van der Waals surface area contributed by atoms with Crippen molar-refractivity contribution in [2.24, 2.45) is 17.8 Å². The van der Waals surface area contributed by atoms with Crippen molar-refractivity contribution in [2.75, 3.05) is 13.1 Å². The van der Waals surface area contributed by atoms with Crippen LogP contribution >= 0.6 is 0 Å². The topological polar surface area (TPSA) is 57.6 Å². The Balaban J connectivity index is 1.92. The Bertz CT molecular complexity index is 350. The van der Waals surface area contributed by atoms with Gasteiger partial charge in [-0.2, -0.15) is 0 Å². The van der Waals surface area contributed by atoms with E-state index in [2.05, 4.69) is 6.92 Å². The first-order valence-electron chi connectivity index (χ1n) is 8.15. The summed E-state index contributed by atoms with van der Waals surface area (Å²) < 4.78 is 0. The summed E-state index contributed by atoms with van der Waals surface area (Å²) in [5.74, 6) is -0.779. The van der Waals surface area contributed by atoms with Crippen LogP contribution < -0.4 is 0 Å². The van der Waals surface area contributed by atoms with E-state index in [-0.39, 0.29) is 11.8 Å². The predicted octanol–water partition coefficient (Wildman–Crippen LogP) is 2.92. The highest BCUT2D eigenvalue weighted by atomic mass is 16.4. The molecule has 2 rings (SSSR count). The lowest BCUT2D eigenvalue weighted by atomic mass is 9.72. The van der Waals surface area contributed by atoms with Crippen molar-refractivity contribution >= 4 is 11.9 Å². The Morgan fingerprint density at radius 1 is 1.05 bits per heavy atom. The molecule has 2 saturated carbocycles. The molecule has 0 heterocycles. The number of carboxylic acid groups (broad SMARTS) is 1. The zero-order chi connectivity index (χ0) is 14.5. The molecule has 0 aromatic heterocycles. The maximum Gasteiger partial charge on any atom is 0.307 e. The fourth-order valence-corrected chi connectivity index (χ4v) is 3.57. The normalized spacial score (nSPS) is 26.9. The second-order valence-corrected chi connectivity index (χ2v) is 6.42. The predicted molar refractivity (Wildman–Crippen MR) is 77.3 cm³/mol. The van der Waals surface area contributed by atoms with Crippen LogP contribution in [0.5, 0.6) is 0 Å². The first-order valence-corrected chi connectivity index (χ1v) is 8.15. The quantitative estimate of drug-likeness (QED) is 0.814. The molecule has 1 amide bonds. The molecule has 2 aliphatic carbocycles. The van der Waals surface area contributed by atoms with Crippen LogP contribution in [0.1, 0.15) is 58.3 Å². The van der Waals surface area contributed by atoms with Gasteiger partial charge in [0.1, 0.15) is 0 Å². The second-order valence-electron chi connectivity index (χ2n) is 6.42. The van der Waals surface area contributed by atoms with Crippen molar-refractivity contribution in [1.29, 1.82) is 0 Å². The van der Waals surface area contributed by atoms with Gasteiger partial charge in [-0.25, -0.2) is 0 Å². The standard InChI is InChI=1S/C16H27NO3/c1-2-10-17(11-12-6-4-3-5-7-12)15(18)13-8-9-14(13)16(19)20/h12-14H,2-11H2,1H3,(H,19,20). The maximum absolute atomic E-state index is 12.6. The average Bonchev–Trinajstić information content (AvgIpc) is 2.37. The fraction of sp³-hybridized carbons (Fsp3) is 0.875. The van der Waals surface area contributed by atoms with Crippen molar-refractivity contribution in [2.45, 2.75) is 58.3 Å². The largest absolute Gasteiger partial charge is 0.481 e. The van der Waals surface area contributed by atoms with Gasteiger partial charge in [0.2, 0.25) is 5.91 Å². The van der Waals surface area contributed by atoms with Gasteiger partial charge in [-0.05, 0) is 38.0 Å². The van der Waals surface area contributed by atoms with Crippen LogP contribution in [0.3, 0.4) is 0 Å². The molecule has 4 heteroatoms. The molecule has 0 radical (unpaired) electrons. The van der Waals surface area contributed by atoms with Crippen molar-refractivity contribution < 1.29 is 14.7 Å². The Kier molecular flexibility index (Phi) is 5.44. The van der Waals surface area contributed by atoms with Gasteiger partial charge in [0.05, 0.1) is 11.8 Å². The summed E-state index contributed by atoms with van der Waals surface area (Å²) in [6.07, 6.45) is 8.68. The van der Waals surface area contributed by atoms with Gasteiger partial charge >= 0.3 is 5.97 Å². The van der Waals surface area contributed by atoms with E-state index in [4.69, 9.17) is 5.11 Å². The highest BCUT2D eigenvalue weighted by Crippen LogP contribution is 2.36. The van der Waals surface area contributed by atoms with Crippen LogP contribution in [-0.2, 0) is 9.59 Å². The van der Waals surface area contributed by atoms with Gasteiger partial charge < -0.3 is 10.0 Å². The Labute approximate surface area is 121 Å². The zero-order valence-electron chi connectivity index (χ0n) is 12.5. The molecule has 2 unspecified atom stereocenters. The molecule has 2 fully saturated rings. The lowest BCUT2D eigenvalue weighted by Crippen LogP contribution is -2.47. The molecule has 2 aliphatic rings. The summed E-state index contributed by atoms with van der Waals surface area (Å²) in [5.41, 5.74) is 0. The van der Waals surface area contributed by atoms with E-state index in [0.717, 1.165) is 25.9 Å². The van der Waals surface area contributed by atoms with Crippen LogP contribution in [0.15, 0.2) is 0 Å². The van der Waals surface area contributed by atoms with E-state index >= 15 is 0 Å². The van der Waals surface area contributed by atoms with Crippen LogP contribution in [0, 0.1) is 17.8 Å². The molecule has 20 heavy (non-hydrogen) atoms. The second kappa shape index (κ2) is 7.09. The van der Waals surface area contributed by atoms with E-state index in [1.165, 1.54) is 32.1 Å². The molecule has 2 atom stereocenters. The molecule has 0 saturated heterocycles. The fourth-order valence-electron chi connectivity index (χ4n) is 3.57. The van der Waals surface area contributed by atoms with Crippen molar-refractivity contribution in [3.8, 4) is 0 Å². The number of rotatable bonds is 6. The molecule has 0 aliphatic heterocycles. The minimum absolute atomic E-state index is 0.0936. The van der Waals surface area contributed by atoms with E-state index in [1.54, 1.807) is 0 Å². The highest BCUT2D eigenvalue weighted by Gasteiger charge is 2.43. The Hall–Kier alpha value is -1.06. The molecule has 4 nitrogen and oxygen atoms in total. The van der Waals surface area contributed by atoms with Gasteiger partial charge in [-0.15, -0.1) is 0 Å². The molecule has 0 bridgehead atoms. The van der Waals surface area contributed by atoms with E-state index in [0.29, 0.717) is 12.3 Å². The number of amides is 1. The number of carbonyl (C=O) groups is 2. The summed E-state index contributed by atoms with van der Waals surface area (Å²) in [6.45, 7) is 3.70. The smallest absolute Gasteiger partial charge is 0.307 e. The van der Waals surface area contributed by atoms with E-state index < -0.39 is 11.9 Å². The van der Waals surface area contributed by atoms with E-state index in [1.807, 2.05) is 4.90 Å². The van der Waals surface area contributed by atoms with Gasteiger partial charge in [0.25, 0.3) is 0 Å². The number of aliphatic carboxylic acids is 1. The third-order valence-electron chi connectivity index (χ3n) is 4.92. The number of carbonyl (C=O) groups excluding carboxylic acids is 1. The average molecular weight is 281 g/mol. The summed E-state index contributed by atoms with van der Waals surface area (Å²) in [4.78, 5) is 25.6. The third-order valence-corrected chi connectivity index (χ3v) is 4.92. The minimum atomic E-state index is -0.802. The van der Waals surface area contributed by atoms with Crippen LogP contribution in [0.4, 0.5) is 0 Å². The first-order chi connectivity index (χ1) is 9.63. The summed E-state index contributed by atoms with van der Waals surface area (Å²) in [7, 11) is 0. The highest BCUT2D eigenvalue weighted by molar-refractivity contribution is 5.86. The summed E-state index contributed by atoms with van der Waals surface area (Å²) >= 11 is 0. The number of hydrogen-bond donors (Lipinski definition) is 1. The number of carboxylic acids is 1. The molecule has 1 N–H and O–H groups in total. The molecule has 0 aromatic carbocycles. The lowest BCUT2D eigenvalue weighted by Gasteiger charge is -2.38. The summed E-state index contributed by atoms with van der Waals surface area (Å²) in [5, 5.41) is 9.11. The van der Waals surface area contributed by atoms with E-state index in [9.17, 15) is 9.59 Å². The van der Waals surface area contributed by atoms with Crippen LogP contribution in [-0.4, -0.2) is 35.0 Å². The van der Waals surface area contributed by atoms with Crippen LogP contribution in [0.2, 0.25) is 0 Å². The molecule has 0 aromatic rings. The third kappa shape index (κ3) is 3.53. The minimum Gasteiger partial charge on any atom is -0.481 e. The SMILES string of the molecule is CCCN(CC1CCCCC1)C(=O)C1CCC1C(=O)O. The van der Waals surface area contributed by atoms with Crippen LogP contribution in [0.25, 0.3) is 0 Å². The lowest BCUT2D eigenvalue weighted by molar-refractivity contribution is -0.157. The Morgan fingerprint density at radius 3 is 2.20 bits per heavy atom. The van der Waals surface area contributed by atoms with Gasteiger partial charge in [-0.3, -0.25) is 9.59 Å². The Morgan fingerprint density at radius 2 is 1.70 bits per heavy atom. The molecule has 0 spiro atoms. The van der Waals surface area contributed by atoms with Crippen molar-refractivity contribution in [3.63, 3.8) is 0 Å². The number of nitrogens with zero attached hydrogens (tertiary/aromatic N) is 1.